The zero-order valence-corrected chi connectivity index (χ0v) is 11.9. The molecule has 1 N–H and O–H groups in total. The fourth-order valence-electron chi connectivity index (χ4n) is 1.39. The Morgan fingerprint density at radius 3 is 2.74 bits per heavy atom. The number of carbonyl (C=O) groups is 1. The van der Waals surface area contributed by atoms with Crippen LogP contribution < -0.4 is 0 Å². The van der Waals surface area contributed by atoms with Gasteiger partial charge in [0, 0.05) is 20.5 Å². The Kier molecular flexibility index (Phi) is 4.20. The van der Waals surface area contributed by atoms with Crippen LogP contribution in [0.1, 0.15) is 16.1 Å². The largest absolute Gasteiger partial charge is 0.478 e. The number of nitrogens with zero attached hydrogens (tertiary/aromatic N) is 2. The van der Waals surface area contributed by atoms with Crippen molar-refractivity contribution in [3.05, 3.63) is 52.3 Å². The molecule has 0 aliphatic carbocycles. The first kappa shape index (κ1) is 13.6. The maximum Gasteiger partial charge on any atom is 0.336 e. The molecule has 0 spiro atoms. The Labute approximate surface area is 122 Å². The number of hydrogen-bond donors (Lipinski definition) is 1. The normalized spacial score (nSPS) is 9.89. The third-order valence-corrected chi connectivity index (χ3v) is 3.78. The van der Waals surface area contributed by atoms with Crippen molar-refractivity contribution in [3.63, 3.8) is 0 Å². The second-order valence-corrected chi connectivity index (χ2v) is 5.57. The van der Waals surface area contributed by atoms with E-state index in [0.717, 1.165) is 9.37 Å². The van der Waals surface area contributed by atoms with Crippen LogP contribution in [0.15, 0.2) is 50.8 Å². The molecule has 0 atom stereocenters. The number of aromatic nitrogens is 1. The number of benzene rings is 1. The lowest BCUT2D eigenvalue weighted by Gasteiger charge is -2.06. The van der Waals surface area contributed by atoms with E-state index >= 15 is 0 Å². The molecule has 0 saturated heterocycles. The van der Waals surface area contributed by atoms with Crippen LogP contribution in [0.2, 0.25) is 0 Å². The Hall–Kier alpha value is -1.84. The van der Waals surface area contributed by atoms with Gasteiger partial charge in [0.2, 0.25) is 0 Å². The summed E-state index contributed by atoms with van der Waals surface area (Å²) in [5.74, 6) is -0.975. The smallest absolute Gasteiger partial charge is 0.336 e. The Bertz CT molecular complexity index is 665. The van der Waals surface area contributed by atoms with E-state index in [2.05, 4.69) is 20.9 Å². The standard InChI is InChI=1S/C13H7BrN2O2S/c14-8-1-4-11(13(17)18)12(5-8)19-10-3-2-9(6-15)16-7-10/h1-5,7H,(H,17,18). The summed E-state index contributed by atoms with van der Waals surface area (Å²) in [7, 11) is 0. The summed E-state index contributed by atoms with van der Waals surface area (Å²) < 4.78 is 0.807. The topological polar surface area (TPSA) is 74.0 Å². The summed E-state index contributed by atoms with van der Waals surface area (Å²) in [6, 6.07) is 10.2. The lowest BCUT2D eigenvalue weighted by molar-refractivity contribution is 0.0693. The van der Waals surface area contributed by atoms with Crippen LogP contribution in [0.25, 0.3) is 0 Å². The van der Waals surface area contributed by atoms with Crippen molar-refractivity contribution >= 4 is 33.7 Å². The number of carboxylic acid groups (broad SMARTS) is 1. The minimum Gasteiger partial charge on any atom is -0.478 e. The van der Waals surface area contributed by atoms with Crippen LogP contribution in [-0.2, 0) is 0 Å². The highest BCUT2D eigenvalue weighted by Gasteiger charge is 2.11. The zero-order valence-electron chi connectivity index (χ0n) is 9.50. The number of carboxylic acids is 1. The summed E-state index contributed by atoms with van der Waals surface area (Å²) in [5, 5.41) is 17.8. The molecule has 6 heteroatoms. The average molecular weight is 335 g/mol. The van der Waals surface area contributed by atoms with Crippen LogP contribution in [0.4, 0.5) is 0 Å². The fourth-order valence-corrected chi connectivity index (χ4v) is 2.85. The van der Waals surface area contributed by atoms with Gasteiger partial charge >= 0.3 is 5.97 Å². The molecule has 0 saturated carbocycles. The van der Waals surface area contributed by atoms with E-state index in [1.165, 1.54) is 11.8 Å². The molecule has 0 bridgehead atoms. The molecule has 94 valence electrons. The molecule has 0 amide bonds. The molecule has 4 nitrogen and oxygen atoms in total. The summed E-state index contributed by atoms with van der Waals surface area (Å²) in [4.78, 5) is 16.5. The van der Waals surface area contributed by atoms with Gasteiger partial charge in [0.1, 0.15) is 11.8 Å². The molecule has 0 unspecified atom stereocenters. The first-order chi connectivity index (χ1) is 9.10. The average Bonchev–Trinajstić information content (AvgIpc) is 2.39. The van der Waals surface area contributed by atoms with E-state index in [0.29, 0.717) is 10.6 Å². The van der Waals surface area contributed by atoms with Gasteiger partial charge in [-0.2, -0.15) is 5.26 Å². The van der Waals surface area contributed by atoms with Gasteiger partial charge in [0.25, 0.3) is 0 Å². The van der Waals surface area contributed by atoms with Crippen molar-refractivity contribution in [2.24, 2.45) is 0 Å². The van der Waals surface area contributed by atoms with Crippen LogP contribution in [-0.4, -0.2) is 16.1 Å². The molecule has 0 radical (unpaired) electrons. The van der Waals surface area contributed by atoms with E-state index in [1.807, 2.05) is 6.07 Å². The summed E-state index contributed by atoms with van der Waals surface area (Å²) in [6.45, 7) is 0. The third kappa shape index (κ3) is 3.34. The SMILES string of the molecule is N#Cc1ccc(Sc2cc(Br)ccc2C(=O)O)cn1. The molecular formula is C13H7BrN2O2S. The van der Waals surface area contributed by atoms with Gasteiger partial charge in [0.15, 0.2) is 0 Å². The predicted octanol–water partition coefficient (Wildman–Crippen LogP) is 3.57. The van der Waals surface area contributed by atoms with Crippen molar-refractivity contribution in [1.82, 2.24) is 4.98 Å². The highest BCUT2D eigenvalue weighted by molar-refractivity contribution is 9.10. The minimum absolute atomic E-state index is 0.234. The second-order valence-electron chi connectivity index (χ2n) is 3.54. The molecule has 1 aromatic heterocycles. The van der Waals surface area contributed by atoms with Crippen molar-refractivity contribution in [3.8, 4) is 6.07 Å². The highest BCUT2D eigenvalue weighted by atomic mass is 79.9. The summed E-state index contributed by atoms with van der Waals surface area (Å²) in [6.07, 6.45) is 1.55. The van der Waals surface area contributed by atoms with Gasteiger partial charge in [-0.1, -0.05) is 27.7 Å². The van der Waals surface area contributed by atoms with Gasteiger partial charge in [-0.15, -0.1) is 0 Å². The van der Waals surface area contributed by atoms with Crippen molar-refractivity contribution in [1.29, 1.82) is 5.26 Å². The molecule has 2 aromatic rings. The number of nitriles is 1. The highest BCUT2D eigenvalue weighted by Crippen LogP contribution is 2.32. The molecule has 0 fully saturated rings. The number of halogens is 1. The zero-order chi connectivity index (χ0) is 13.8. The van der Waals surface area contributed by atoms with Gasteiger partial charge in [-0.05, 0) is 30.3 Å². The number of rotatable bonds is 3. The first-order valence-electron chi connectivity index (χ1n) is 5.17. The number of aromatic carboxylic acids is 1. The number of hydrogen-bond acceptors (Lipinski definition) is 4. The Morgan fingerprint density at radius 1 is 1.37 bits per heavy atom. The third-order valence-electron chi connectivity index (χ3n) is 2.25. The molecule has 1 heterocycles. The summed E-state index contributed by atoms with van der Waals surface area (Å²) >= 11 is 4.61. The summed E-state index contributed by atoms with van der Waals surface area (Å²) in [5.41, 5.74) is 0.564. The number of pyridine rings is 1. The second kappa shape index (κ2) is 5.87. The fraction of sp³-hybridized carbons (Fsp3) is 0. The molecular weight excluding hydrogens is 328 g/mol. The Balaban J connectivity index is 2.34. The van der Waals surface area contributed by atoms with Gasteiger partial charge in [-0.3, -0.25) is 0 Å². The van der Waals surface area contributed by atoms with Crippen LogP contribution in [0.5, 0.6) is 0 Å². The lowest BCUT2D eigenvalue weighted by Crippen LogP contribution is -1.98. The molecule has 19 heavy (non-hydrogen) atoms. The van der Waals surface area contributed by atoms with E-state index in [-0.39, 0.29) is 5.56 Å². The van der Waals surface area contributed by atoms with Crippen molar-refractivity contribution < 1.29 is 9.90 Å². The predicted molar refractivity (Wildman–Crippen MR) is 74.2 cm³/mol. The van der Waals surface area contributed by atoms with E-state index in [4.69, 9.17) is 10.4 Å². The van der Waals surface area contributed by atoms with Crippen LogP contribution in [0, 0.1) is 11.3 Å². The quantitative estimate of drug-likeness (QED) is 0.928. The first-order valence-corrected chi connectivity index (χ1v) is 6.78. The molecule has 1 aromatic carbocycles. The van der Waals surface area contributed by atoms with Crippen LogP contribution in [0.3, 0.4) is 0 Å². The lowest BCUT2D eigenvalue weighted by atomic mass is 10.2. The van der Waals surface area contributed by atoms with E-state index < -0.39 is 5.97 Å². The van der Waals surface area contributed by atoms with Gasteiger partial charge in [0.05, 0.1) is 5.56 Å². The van der Waals surface area contributed by atoms with Crippen LogP contribution >= 0.6 is 27.7 Å². The maximum absolute atomic E-state index is 11.1. The molecule has 0 aliphatic rings. The minimum atomic E-state index is -0.975. The van der Waals surface area contributed by atoms with Gasteiger partial charge < -0.3 is 5.11 Å². The van der Waals surface area contributed by atoms with Crippen molar-refractivity contribution in [2.75, 3.05) is 0 Å². The monoisotopic (exact) mass is 334 g/mol. The van der Waals surface area contributed by atoms with Crippen molar-refractivity contribution in [2.45, 2.75) is 9.79 Å². The van der Waals surface area contributed by atoms with E-state index in [9.17, 15) is 4.79 Å². The van der Waals surface area contributed by atoms with E-state index in [1.54, 1.807) is 36.5 Å². The van der Waals surface area contributed by atoms with Gasteiger partial charge in [-0.25, -0.2) is 9.78 Å². The molecule has 2 rings (SSSR count). The maximum atomic E-state index is 11.1. The Morgan fingerprint density at radius 2 is 2.16 bits per heavy atom. The molecule has 0 aliphatic heterocycles.